The lowest BCUT2D eigenvalue weighted by Gasteiger charge is -2.10. The molecule has 0 N–H and O–H groups in total. The van der Waals surface area contributed by atoms with Gasteiger partial charge in [-0.3, -0.25) is 0 Å². The van der Waals surface area contributed by atoms with Gasteiger partial charge in [-0.15, -0.1) is 0 Å². The Hall–Kier alpha value is -1.74. The van der Waals surface area contributed by atoms with Gasteiger partial charge in [-0.25, -0.2) is 4.98 Å². The summed E-state index contributed by atoms with van der Waals surface area (Å²) in [6.45, 7) is 2.22. The lowest BCUT2D eigenvalue weighted by atomic mass is 10.2. The highest BCUT2D eigenvalue weighted by molar-refractivity contribution is 7.99. The first-order chi connectivity index (χ1) is 9.25. The predicted molar refractivity (Wildman–Crippen MR) is 81.4 cm³/mol. The zero-order valence-corrected chi connectivity index (χ0v) is 11.9. The van der Waals surface area contributed by atoms with Crippen molar-refractivity contribution in [2.24, 2.45) is 7.05 Å². The molecule has 1 heterocycles. The fourth-order valence-electron chi connectivity index (χ4n) is 2.18. The maximum atomic E-state index is 4.70. The molecule has 0 fully saturated rings. The second-order valence-electron chi connectivity index (χ2n) is 4.61. The Bertz CT molecular complexity index is 688. The Kier molecular flexibility index (Phi) is 3.30. The zero-order chi connectivity index (χ0) is 13.2. The number of aromatic nitrogens is 2. The number of rotatable bonds is 3. The first-order valence-corrected chi connectivity index (χ1v) is 7.27. The third-order valence-corrected chi connectivity index (χ3v) is 4.50. The minimum absolute atomic E-state index is 0.400. The summed E-state index contributed by atoms with van der Waals surface area (Å²) in [7, 11) is 2.08. The molecule has 1 unspecified atom stereocenters. The van der Waals surface area contributed by atoms with Crippen LogP contribution in [0.25, 0.3) is 11.0 Å². The summed E-state index contributed by atoms with van der Waals surface area (Å²) in [6.07, 6.45) is 0. The molecule has 2 nitrogen and oxygen atoms in total. The Morgan fingerprint density at radius 2 is 1.68 bits per heavy atom. The summed E-state index contributed by atoms with van der Waals surface area (Å²) in [5.41, 5.74) is 3.58. The minimum atomic E-state index is 0.400. The van der Waals surface area contributed by atoms with E-state index in [2.05, 4.69) is 67.1 Å². The van der Waals surface area contributed by atoms with Crippen LogP contribution in [-0.4, -0.2) is 9.55 Å². The van der Waals surface area contributed by atoms with Crippen molar-refractivity contribution < 1.29 is 0 Å². The van der Waals surface area contributed by atoms with Gasteiger partial charge in [0.2, 0.25) is 0 Å². The molecule has 0 amide bonds. The van der Waals surface area contributed by atoms with Crippen LogP contribution < -0.4 is 0 Å². The molecule has 2 aromatic carbocycles. The minimum Gasteiger partial charge on any atom is -0.322 e. The van der Waals surface area contributed by atoms with Crippen molar-refractivity contribution >= 4 is 22.8 Å². The Labute approximate surface area is 117 Å². The molecule has 0 saturated carbocycles. The SMILES string of the molecule is CC(Sc1nc2ccccc2n1C)c1ccccc1. The number of benzene rings is 2. The van der Waals surface area contributed by atoms with Crippen molar-refractivity contribution in [1.82, 2.24) is 9.55 Å². The molecule has 1 atom stereocenters. The van der Waals surface area contributed by atoms with Gasteiger partial charge in [-0.2, -0.15) is 0 Å². The van der Waals surface area contributed by atoms with E-state index in [1.165, 1.54) is 11.1 Å². The maximum Gasteiger partial charge on any atom is 0.169 e. The summed E-state index contributed by atoms with van der Waals surface area (Å²) in [5.74, 6) is 0. The van der Waals surface area contributed by atoms with Crippen LogP contribution in [0.1, 0.15) is 17.7 Å². The molecule has 0 aliphatic rings. The largest absolute Gasteiger partial charge is 0.322 e. The molecule has 1 aromatic heterocycles. The van der Waals surface area contributed by atoms with Gasteiger partial charge in [-0.1, -0.05) is 54.2 Å². The quantitative estimate of drug-likeness (QED) is 0.654. The molecule has 0 spiro atoms. The molecule has 3 aromatic rings. The zero-order valence-electron chi connectivity index (χ0n) is 11.1. The van der Waals surface area contributed by atoms with Gasteiger partial charge in [0.25, 0.3) is 0 Å². The molecule has 0 radical (unpaired) electrons. The van der Waals surface area contributed by atoms with E-state index in [1.54, 1.807) is 11.8 Å². The van der Waals surface area contributed by atoms with Crippen LogP contribution in [0.15, 0.2) is 59.8 Å². The van der Waals surface area contributed by atoms with Crippen molar-refractivity contribution in [1.29, 1.82) is 0 Å². The summed E-state index contributed by atoms with van der Waals surface area (Å²) in [4.78, 5) is 4.70. The molecule has 0 aliphatic carbocycles. The van der Waals surface area contributed by atoms with Gasteiger partial charge in [0.1, 0.15) is 0 Å². The van der Waals surface area contributed by atoms with Crippen LogP contribution in [-0.2, 0) is 7.05 Å². The van der Waals surface area contributed by atoms with E-state index in [0.717, 1.165) is 10.7 Å². The molecule has 3 rings (SSSR count). The topological polar surface area (TPSA) is 17.8 Å². The van der Waals surface area contributed by atoms with Gasteiger partial charge < -0.3 is 4.57 Å². The van der Waals surface area contributed by atoms with Crippen molar-refractivity contribution in [3.63, 3.8) is 0 Å². The molecule has 3 heteroatoms. The molecule has 0 saturated heterocycles. The van der Waals surface area contributed by atoms with Crippen molar-refractivity contribution in [2.45, 2.75) is 17.3 Å². The van der Waals surface area contributed by atoms with Crippen LogP contribution in [0.4, 0.5) is 0 Å². The predicted octanol–water partition coefficient (Wildman–Crippen LogP) is 4.43. The average molecular weight is 268 g/mol. The number of nitrogens with zero attached hydrogens (tertiary/aromatic N) is 2. The number of hydrogen-bond acceptors (Lipinski definition) is 2. The molecule has 0 aliphatic heterocycles. The fraction of sp³-hybridized carbons (Fsp3) is 0.188. The molecular formula is C16H16N2S. The summed E-state index contributed by atoms with van der Waals surface area (Å²) in [5, 5.41) is 1.47. The van der Waals surface area contributed by atoms with E-state index in [4.69, 9.17) is 4.98 Å². The second-order valence-corrected chi connectivity index (χ2v) is 5.92. The molecule has 0 bridgehead atoms. The normalized spacial score (nSPS) is 12.7. The van der Waals surface area contributed by atoms with E-state index in [0.29, 0.717) is 5.25 Å². The third-order valence-electron chi connectivity index (χ3n) is 3.30. The van der Waals surface area contributed by atoms with E-state index in [9.17, 15) is 0 Å². The van der Waals surface area contributed by atoms with Crippen LogP contribution in [0.3, 0.4) is 0 Å². The number of para-hydroxylation sites is 2. The van der Waals surface area contributed by atoms with E-state index < -0.39 is 0 Å². The Balaban J connectivity index is 1.91. The first-order valence-electron chi connectivity index (χ1n) is 6.39. The van der Waals surface area contributed by atoms with Crippen LogP contribution >= 0.6 is 11.8 Å². The molecule has 96 valence electrons. The van der Waals surface area contributed by atoms with Gasteiger partial charge in [-0.05, 0) is 24.6 Å². The standard InChI is InChI=1S/C16H16N2S/c1-12(13-8-4-3-5-9-13)19-16-17-14-10-6-7-11-15(14)18(16)2/h3-12H,1-2H3. The van der Waals surface area contributed by atoms with Crippen molar-refractivity contribution in [3.05, 3.63) is 60.2 Å². The average Bonchev–Trinajstić information content (AvgIpc) is 2.77. The number of hydrogen-bond donors (Lipinski definition) is 0. The van der Waals surface area contributed by atoms with Gasteiger partial charge in [0, 0.05) is 12.3 Å². The number of aryl methyl sites for hydroxylation is 1. The monoisotopic (exact) mass is 268 g/mol. The van der Waals surface area contributed by atoms with E-state index >= 15 is 0 Å². The van der Waals surface area contributed by atoms with Crippen molar-refractivity contribution in [2.75, 3.05) is 0 Å². The Morgan fingerprint density at radius 1 is 1.00 bits per heavy atom. The highest BCUT2D eigenvalue weighted by atomic mass is 32.2. The lowest BCUT2D eigenvalue weighted by molar-refractivity contribution is 0.811. The summed E-state index contributed by atoms with van der Waals surface area (Å²) in [6, 6.07) is 18.8. The number of imidazole rings is 1. The highest BCUT2D eigenvalue weighted by Gasteiger charge is 2.12. The first kappa shape index (κ1) is 12.3. The molecular weight excluding hydrogens is 252 g/mol. The van der Waals surface area contributed by atoms with Crippen LogP contribution in [0, 0.1) is 0 Å². The van der Waals surface area contributed by atoms with Gasteiger partial charge in [0.15, 0.2) is 5.16 Å². The molecule has 19 heavy (non-hydrogen) atoms. The highest BCUT2D eigenvalue weighted by Crippen LogP contribution is 2.35. The van der Waals surface area contributed by atoms with Gasteiger partial charge in [0.05, 0.1) is 11.0 Å². The fourth-order valence-corrected chi connectivity index (χ4v) is 3.20. The number of fused-ring (bicyclic) bond motifs is 1. The smallest absolute Gasteiger partial charge is 0.169 e. The third kappa shape index (κ3) is 2.38. The van der Waals surface area contributed by atoms with Crippen LogP contribution in [0.2, 0.25) is 0 Å². The van der Waals surface area contributed by atoms with Crippen LogP contribution in [0.5, 0.6) is 0 Å². The van der Waals surface area contributed by atoms with E-state index in [1.807, 2.05) is 6.07 Å². The van der Waals surface area contributed by atoms with Gasteiger partial charge >= 0.3 is 0 Å². The lowest BCUT2D eigenvalue weighted by Crippen LogP contribution is -1.94. The Morgan fingerprint density at radius 3 is 2.42 bits per heavy atom. The van der Waals surface area contributed by atoms with E-state index in [-0.39, 0.29) is 0 Å². The summed E-state index contributed by atoms with van der Waals surface area (Å²) < 4.78 is 2.17. The maximum absolute atomic E-state index is 4.70. The number of thioether (sulfide) groups is 1. The van der Waals surface area contributed by atoms with Crippen molar-refractivity contribution in [3.8, 4) is 0 Å². The summed E-state index contributed by atoms with van der Waals surface area (Å²) >= 11 is 1.80. The second kappa shape index (κ2) is 5.10.